The zero-order valence-electron chi connectivity index (χ0n) is 17.7. The Morgan fingerprint density at radius 3 is 2.71 bits per heavy atom. The number of hydrogen-bond donors (Lipinski definition) is 2. The van der Waals surface area contributed by atoms with Gasteiger partial charge < -0.3 is 19.6 Å². The maximum atomic E-state index is 13.3. The molecule has 2 aromatic rings. The van der Waals surface area contributed by atoms with Crippen molar-refractivity contribution in [1.82, 2.24) is 25.0 Å². The lowest BCUT2D eigenvalue weighted by atomic mass is 10.0. The van der Waals surface area contributed by atoms with Crippen molar-refractivity contribution in [3.63, 3.8) is 0 Å². The molecule has 1 saturated heterocycles. The van der Waals surface area contributed by atoms with Gasteiger partial charge in [0.15, 0.2) is 5.69 Å². The Kier molecular flexibility index (Phi) is 5.13. The Balaban J connectivity index is 1.34. The van der Waals surface area contributed by atoms with Crippen molar-refractivity contribution in [1.29, 1.82) is 0 Å². The number of fused-ring (bicyclic) bond motifs is 2. The van der Waals surface area contributed by atoms with E-state index in [9.17, 15) is 14.7 Å². The average Bonchev–Trinajstić information content (AvgIpc) is 3.43. The van der Waals surface area contributed by atoms with Crippen LogP contribution in [0.15, 0.2) is 6.07 Å². The van der Waals surface area contributed by atoms with Crippen LogP contribution in [0.1, 0.15) is 62.6 Å². The summed E-state index contributed by atoms with van der Waals surface area (Å²) < 4.78 is 5.42. The minimum Gasteiger partial charge on any atom is -0.480 e. The third kappa shape index (κ3) is 3.56. The number of carbonyl (C=O) groups is 2. The predicted molar refractivity (Wildman–Crippen MR) is 111 cm³/mol. The first-order valence-corrected chi connectivity index (χ1v) is 10.9. The summed E-state index contributed by atoms with van der Waals surface area (Å²) in [5, 5.41) is 16.9. The van der Waals surface area contributed by atoms with E-state index >= 15 is 0 Å². The molecule has 0 unspecified atom stereocenters. The van der Waals surface area contributed by atoms with E-state index < -0.39 is 0 Å². The Morgan fingerprint density at radius 2 is 1.94 bits per heavy atom. The number of methoxy groups -OCH3 is 1. The Hall–Kier alpha value is -2.94. The fourth-order valence-electron chi connectivity index (χ4n) is 4.82. The van der Waals surface area contributed by atoms with E-state index in [0.29, 0.717) is 62.6 Å². The summed E-state index contributed by atoms with van der Waals surface area (Å²) in [4.78, 5) is 34.3. The molecule has 2 amide bonds. The van der Waals surface area contributed by atoms with Crippen molar-refractivity contribution in [2.24, 2.45) is 0 Å². The number of carbonyl (C=O) groups excluding carboxylic acids is 2. The number of H-pyrrole nitrogens is 1. The second kappa shape index (κ2) is 7.96. The van der Waals surface area contributed by atoms with Crippen LogP contribution in [0.4, 0.5) is 0 Å². The monoisotopic (exact) mass is 425 g/mol. The summed E-state index contributed by atoms with van der Waals surface area (Å²) in [5.74, 6) is 0.162. The number of nitrogens with zero attached hydrogens (tertiary/aromatic N) is 4. The SMILES string of the molecule is COc1nc2c(cc1C(=O)N1CCc3c(C(=O)N4CCC(O)CC4)n[nH]c3C1)CCC2. The van der Waals surface area contributed by atoms with Gasteiger partial charge in [-0.1, -0.05) is 0 Å². The van der Waals surface area contributed by atoms with Gasteiger partial charge in [-0.15, -0.1) is 0 Å². The van der Waals surface area contributed by atoms with Crippen molar-refractivity contribution >= 4 is 11.8 Å². The minimum absolute atomic E-state index is 0.103. The van der Waals surface area contributed by atoms with Crippen LogP contribution in [0.25, 0.3) is 0 Å². The predicted octanol–water partition coefficient (Wildman–Crippen LogP) is 1.10. The highest BCUT2D eigenvalue weighted by molar-refractivity contribution is 5.97. The lowest BCUT2D eigenvalue weighted by molar-refractivity contribution is 0.0540. The zero-order chi connectivity index (χ0) is 21.5. The third-order valence-electron chi connectivity index (χ3n) is 6.61. The third-order valence-corrected chi connectivity index (χ3v) is 6.61. The van der Waals surface area contributed by atoms with Gasteiger partial charge in [0, 0.05) is 30.9 Å². The van der Waals surface area contributed by atoms with Crippen LogP contribution in [-0.4, -0.2) is 74.8 Å². The molecule has 1 fully saturated rings. The van der Waals surface area contributed by atoms with Crippen molar-refractivity contribution in [3.8, 4) is 5.88 Å². The molecular formula is C22H27N5O4. The topological polar surface area (TPSA) is 112 Å². The fourth-order valence-corrected chi connectivity index (χ4v) is 4.82. The number of ether oxygens (including phenoxy) is 1. The highest BCUT2D eigenvalue weighted by Gasteiger charge is 2.32. The van der Waals surface area contributed by atoms with E-state index in [1.807, 2.05) is 6.07 Å². The number of amides is 2. The number of rotatable bonds is 3. The van der Waals surface area contributed by atoms with E-state index in [2.05, 4.69) is 15.2 Å². The molecule has 2 N–H and O–H groups in total. The van der Waals surface area contributed by atoms with Crippen LogP contribution >= 0.6 is 0 Å². The molecule has 0 bridgehead atoms. The molecule has 4 heterocycles. The van der Waals surface area contributed by atoms with Gasteiger partial charge in [-0.25, -0.2) is 4.98 Å². The number of nitrogens with one attached hydrogen (secondary N) is 1. The smallest absolute Gasteiger partial charge is 0.274 e. The number of aromatic nitrogens is 3. The van der Waals surface area contributed by atoms with Crippen molar-refractivity contribution < 1.29 is 19.4 Å². The fraction of sp³-hybridized carbons (Fsp3) is 0.545. The molecule has 0 saturated carbocycles. The molecule has 2 aliphatic heterocycles. The van der Waals surface area contributed by atoms with Crippen molar-refractivity contribution in [3.05, 3.63) is 39.8 Å². The van der Waals surface area contributed by atoms with E-state index in [0.717, 1.165) is 41.8 Å². The number of likely N-dealkylation sites (tertiary alicyclic amines) is 1. The molecule has 9 nitrogen and oxygen atoms in total. The second-order valence-corrected chi connectivity index (χ2v) is 8.53. The van der Waals surface area contributed by atoms with Crippen molar-refractivity contribution in [2.45, 2.75) is 51.2 Å². The molecule has 31 heavy (non-hydrogen) atoms. The number of aliphatic hydroxyl groups is 1. The normalized spacial score (nSPS) is 18.6. The summed E-state index contributed by atoms with van der Waals surface area (Å²) in [6.07, 6.45) is 4.34. The second-order valence-electron chi connectivity index (χ2n) is 8.53. The molecule has 9 heteroatoms. The Morgan fingerprint density at radius 1 is 1.13 bits per heavy atom. The first kappa shape index (κ1) is 20.0. The minimum atomic E-state index is -0.331. The maximum Gasteiger partial charge on any atom is 0.274 e. The van der Waals surface area contributed by atoms with Gasteiger partial charge >= 0.3 is 0 Å². The van der Waals surface area contributed by atoms with Crippen LogP contribution in [0.3, 0.4) is 0 Å². The molecule has 1 aliphatic carbocycles. The molecule has 5 rings (SSSR count). The van der Waals surface area contributed by atoms with E-state index in [-0.39, 0.29) is 17.9 Å². The van der Waals surface area contributed by atoms with Gasteiger partial charge in [-0.2, -0.15) is 5.10 Å². The molecular weight excluding hydrogens is 398 g/mol. The standard InChI is InChI=1S/C22H27N5O4/c1-31-20-16(11-13-3-2-4-17(13)23-20)21(29)27-10-7-15-18(12-27)24-25-19(15)22(30)26-8-5-14(28)6-9-26/h11,14,28H,2-10,12H2,1H3,(H,24,25). The van der Waals surface area contributed by atoms with Crippen molar-refractivity contribution in [2.75, 3.05) is 26.7 Å². The van der Waals surface area contributed by atoms with Gasteiger partial charge in [-0.3, -0.25) is 14.7 Å². The molecule has 0 aromatic carbocycles. The van der Waals surface area contributed by atoms with Gasteiger partial charge in [0.05, 0.1) is 25.5 Å². The number of aryl methyl sites for hydroxylation is 2. The highest BCUT2D eigenvalue weighted by Crippen LogP contribution is 2.29. The number of aromatic amines is 1. The molecule has 3 aliphatic rings. The van der Waals surface area contributed by atoms with E-state index in [4.69, 9.17) is 4.74 Å². The van der Waals surface area contributed by atoms with Gasteiger partial charge in [0.25, 0.3) is 11.8 Å². The number of hydrogen-bond acceptors (Lipinski definition) is 6. The summed E-state index contributed by atoms with van der Waals surface area (Å²) >= 11 is 0. The maximum absolute atomic E-state index is 13.3. The lowest BCUT2D eigenvalue weighted by Gasteiger charge is -2.30. The number of piperidine rings is 1. The van der Waals surface area contributed by atoms with Crippen LogP contribution in [0, 0.1) is 0 Å². The van der Waals surface area contributed by atoms with Gasteiger partial charge in [0.1, 0.15) is 5.56 Å². The largest absolute Gasteiger partial charge is 0.480 e. The number of aliphatic hydroxyl groups excluding tert-OH is 1. The van der Waals surface area contributed by atoms with Crippen LogP contribution in [0.2, 0.25) is 0 Å². The average molecular weight is 425 g/mol. The molecule has 2 aromatic heterocycles. The number of pyridine rings is 1. The first-order chi connectivity index (χ1) is 15.0. The molecule has 164 valence electrons. The summed E-state index contributed by atoms with van der Waals surface area (Å²) in [6, 6.07) is 1.93. The van der Waals surface area contributed by atoms with E-state index in [1.165, 1.54) is 0 Å². The van der Waals surface area contributed by atoms with Gasteiger partial charge in [-0.05, 0) is 50.2 Å². The lowest BCUT2D eigenvalue weighted by Crippen LogP contribution is -2.41. The summed E-state index contributed by atoms with van der Waals surface area (Å²) in [6.45, 7) is 1.95. The first-order valence-electron chi connectivity index (χ1n) is 10.9. The van der Waals surface area contributed by atoms with Crippen LogP contribution < -0.4 is 4.74 Å². The quantitative estimate of drug-likeness (QED) is 0.762. The van der Waals surface area contributed by atoms with Crippen LogP contribution in [0.5, 0.6) is 5.88 Å². The van der Waals surface area contributed by atoms with Gasteiger partial charge in [0.2, 0.25) is 5.88 Å². The zero-order valence-corrected chi connectivity index (χ0v) is 17.7. The molecule has 0 radical (unpaired) electrons. The Bertz CT molecular complexity index is 1030. The highest BCUT2D eigenvalue weighted by atomic mass is 16.5. The van der Waals surface area contributed by atoms with Crippen LogP contribution in [-0.2, 0) is 25.8 Å². The van der Waals surface area contributed by atoms with E-state index in [1.54, 1.807) is 16.9 Å². The Labute approximate surface area is 180 Å². The molecule has 0 spiro atoms. The summed E-state index contributed by atoms with van der Waals surface area (Å²) in [5.41, 5.74) is 4.77. The summed E-state index contributed by atoms with van der Waals surface area (Å²) in [7, 11) is 1.54. The molecule has 0 atom stereocenters.